The van der Waals surface area contributed by atoms with Gasteiger partial charge in [-0.15, -0.1) is 0 Å². The quantitative estimate of drug-likeness (QED) is 0.731. The Labute approximate surface area is 123 Å². The highest BCUT2D eigenvalue weighted by Crippen LogP contribution is 2.47. The number of rotatable bonds is 3. The largest absolute Gasteiger partial charge is 0.454 e. The highest BCUT2D eigenvalue weighted by molar-refractivity contribution is 5.88. The Morgan fingerprint density at radius 1 is 1.15 bits per heavy atom. The Bertz CT molecular complexity index is 384. The van der Waals surface area contributed by atoms with Gasteiger partial charge in [0, 0.05) is 6.42 Å². The van der Waals surface area contributed by atoms with Crippen LogP contribution in [0.3, 0.4) is 0 Å². The third-order valence-corrected chi connectivity index (χ3v) is 4.49. The summed E-state index contributed by atoms with van der Waals surface area (Å²) in [7, 11) is 0. The molecule has 1 aliphatic rings. The Hall–Kier alpha value is -0.860. The van der Waals surface area contributed by atoms with E-state index in [0.717, 1.165) is 12.8 Å². The highest BCUT2D eigenvalue weighted by Gasteiger charge is 2.48. The van der Waals surface area contributed by atoms with Gasteiger partial charge in [0.1, 0.15) is 0 Å². The zero-order chi connectivity index (χ0) is 15.8. The maximum Gasteiger partial charge on any atom is 0.313 e. The smallest absolute Gasteiger partial charge is 0.313 e. The standard InChI is InChI=1S/C17H30O3/c1-15(2,3)11-17(7,16(4,5)6)14(19)20-13-10-8-9-12(13)18/h13H,8-11H2,1-7H3. The van der Waals surface area contributed by atoms with Crippen LogP contribution in [0, 0.1) is 16.2 Å². The molecule has 1 rings (SSSR count). The number of carbonyl (C=O) groups excluding carboxylic acids is 2. The molecule has 116 valence electrons. The first-order valence-corrected chi connectivity index (χ1v) is 7.61. The van der Waals surface area contributed by atoms with E-state index in [1.165, 1.54) is 0 Å². The van der Waals surface area contributed by atoms with Crippen LogP contribution >= 0.6 is 0 Å². The van der Waals surface area contributed by atoms with Crippen molar-refractivity contribution in [1.82, 2.24) is 0 Å². The number of ether oxygens (including phenoxy) is 1. The van der Waals surface area contributed by atoms with Crippen LogP contribution in [0.5, 0.6) is 0 Å². The third kappa shape index (κ3) is 3.83. The minimum atomic E-state index is -0.589. The van der Waals surface area contributed by atoms with Crippen molar-refractivity contribution in [3.05, 3.63) is 0 Å². The van der Waals surface area contributed by atoms with Crippen molar-refractivity contribution < 1.29 is 14.3 Å². The number of hydrogen-bond donors (Lipinski definition) is 0. The van der Waals surface area contributed by atoms with Gasteiger partial charge in [-0.05, 0) is 37.0 Å². The SMILES string of the molecule is CC(C)(C)CC(C)(C(=O)OC1CCCC1=O)C(C)(C)C. The maximum atomic E-state index is 12.7. The summed E-state index contributed by atoms with van der Waals surface area (Å²) in [6, 6.07) is 0. The van der Waals surface area contributed by atoms with Gasteiger partial charge in [-0.1, -0.05) is 41.5 Å². The second-order valence-electron chi connectivity index (χ2n) is 8.57. The molecule has 0 heterocycles. The van der Waals surface area contributed by atoms with E-state index < -0.39 is 11.5 Å². The molecule has 0 aromatic carbocycles. The van der Waals surface area contributed by atoms with E-state index in [1.807, 2.05) is 6.92 Å². The Morgan fingerprint density at radius 2 is 1.70 bits per heavy atom. The predicted octanol–water partition coefficient (Wildman–Crippen LogP) is 4.14. The molecule has 0 bridgehead atoms. The molecule has 1 aliphatic carbocycles. The molecule has 1 saturated carbocycles. The molecule has 0 radical (unpaired) electrons. The summed E-state index contributed by atoms with van der Waals surface area (Å²) in [5, 5.41) is 0. The van der Waals surface area contributed by atoms with Crippen LogP contribution < -0.4 is 0 Å². The van der Waals surface area contributed by atoms with Crippen LogP contribution in [0.1, 0.15) is 74.1 Å². The minimum Gasteiger partial charge on any atom is -0.454 e. The molecule has 0 aliphatic heterocycles. The van der Waals surface area contributed by atoms with Gasteiger partial charge in [0.2, 0.25) is 0 Å². The molecule has 0 spiro atoms. The normalized spacial score (nSPS) is 23.6. The third-order valence-electron chi connectivity index (χ3n) is 4.49. The molecule has 20 heavy (non-hydrogen) atoms. The zero-order valence-electron chi connectivity index (χ0n) is 14.1. The summed E-state index contributed by atoms with van der Waals surface area (Å²) >= 11 is 0. The van der Waals surface area contributed by atoms with E-state index in [4.69, 9.17) is 4.74 Å². The fourth-order valence-electron chi connectivity index (χ4n) is 2.87. The van der Waals surface area contributed by atoms with Crippen molar-refractivity contribution in [2.24, 2.45) is 16.2 Å². The van der Waals surface area contributed by atoms with E-state index in [9.17, 15) is 9.59 Å². The lowest BCUT2D eigenvalue weighted by atomic mass is 9.61. The molecule has 0 aromatic heterocycles. The van der Waals surface area contributed by atoms with Gasteiger partial charge in [-0.3, -0.25) is 9.59 Å². The van der Waals surface area contributed by atoms with Crippen molar-refractivity contribution in [3.63, 3.8) is 0 Å². The average Bonchev–Trinajstić information content (AvgIpc) is 2.60. The van der Waals surface area contributed by atoms with Gasteiger partial charge < -0.3 is 4.74 Å². The summed E-state index contributed by atoms with van der Waals surface area (Å²) in [5.41, 5.74) is -0.770. The molecule has 1 fully saturated rings. The van der Waals surface area contributed by atoms with Gasteiger partial charge in [0.15, 0.2) is 11.9 Å². The maximum absolute atomic E-state index is 12.7. The lowest BCUT2D eigenvalue weighted by Gasteiger charge is -2.43. The Morgan fingerprint density at radius 3 is 2.05 bits per heavy atom. The van der Waals surface area contributed by atoms with Crippen molar-refractivity contribution in [1.29, 1.82) is 0 Å². The van der Waals surface area contributed by atoms with Crippen molar-refractivity contribution >= 4 is 11.8 Å². The molecular weight excluding hydrogens is 252 g/mol. The predicted molar refractivity (Wildman–Crippen MR) is 80.4 cm³/mol. The summed E-state index contributed by atoms with van der Waals surface area (Å²) in [5.74, 6) is -0.148. The molecule has 0 amide bonds. The first kappa shape index (κ1) is 17.2. The van der Waals surface area contributed by atoms with E-state index >= 15 is 0 Å². The molecule has 2 unspecified atom stereocenters. The summed E-state index contributed by atoms with van der Waals surface area (Å²) in [4.78, 5) is 24.4. The molecule has 0 saturated heterocycles. The van der Waals surface area contributed by atoms with E-state index in [-0.39, 0.29) is 22.6 Å². The van der Waals surface area contributed by atoms with Crippen molar-refractivity contribution in [2.45, 2.75) is 80.3 Å². The second kappa shape index (κ2) is 5.50. The molecule has 3 nitrogen and oxygen atoms in total. The van der Waals surface area contributed by atoms with E-state index in [0.29, 0.717) is 12.8 Å². The Balaban J connectivity index is 2.93. The zero-order valence-corrected chi connectivity index (χ0v) is 14.1. The molecule has 3 heteroatoms. The van der Waals surface area contributed by atoms with Crippen LogP contribution in [0.15, 0.2) is 0 Å². The number of hydrogen-bond acceptors (Lipinski definition) is 3. The van der Waals surface area contributed by atoms with E-state index in [1.54, 1.807) is 0 Å². The number of carbonyl (C=O) groups is 2. The summed E-state index contributed by atoms with van der Waals surface area (Å²) in [6.45, 7) is 14.6. The van der Waals surface area contributed by atoms with Crippen LogP contribution in [-0.2, 0) is 14.3 Å². The first-order valence-electron chi connectivity index (χ1n) is 7.61. The fraction of sp³-hybridized carbons (Fsp3) is 0.882. The van der Waals surface area contributed by atoms with Gasteiger partial charge in [-0.2, -0.15) is 0 Å². The van der Waals surface area contributed by atoms with Gasteiger partial charge in [0.05, 0.1) is 5.41 Å². The first-order chi connectivity index (χ1) is 8.87. The topological polar surface area (TPSA) is 43.4 Å². The number of Topliss-reactive ketones (excluding diaryl/α,β-unsaturated/α-hetero) is 1. The molecular formula is C17H30O3. The van der Waals surface area contributed by atoms with E-state index in [2.05, 4.69) is 41.5 Å². The summed E-state index contributed by atoms with van der Waals surface area (Å²) in [6.07, 6.45) is 2.29. The fourth-order valence-corrected chi connectivity index (χ4v) is 2.87. The Kier molecular flexibility index (Phi) is 4.72. The van der Waals surface area contributed by atoms with Crippen molar-refractivity contribution in [2.75, 3.05) is 0 Å². The van der Waals surface area contributed by atoms with Crippen LogP contribution in [0.25, 0.3) is 0 Å². The highest BCUT2D eigenvalue weighted by atomic mass is 16.5. The monoisotopic (exact) mass is 282 g/mol. The lowest BCUT2D eigenvalue weighted by Crippen LogP contribution is -2.45. The van der Waals surface area contributed by atoms with Crippen LogP contribution in [-0.4, -0.2) is 17.9 Å². The second-order valence-corrected chi connectivity index (χ2v) is 8.57. The van der Waals surface area contributed by atoms with Gasteiger partial charge in [-0.25, -0.2) is 0 Å². The molecule has 0 aromatic rings. The van der Waals surface area contributed by atoms with Crippen LogP contribution in [0.4, 0.5) is 0 Å². The average molecular weight is 282 g/mol. The van der Waals surface area contributed by atoms with Gasteiger partial charge >= 0.3 is 5.97 Å². The lowest BCUT2D eigenvalue weighted by molar-refractivity contribution is -0.172. The minimum absolute atomic E-state index is 0.0285. The molecule has 0 N–H and O–H groups in total. The van der Waals surface area contributed by atoms with Crippen LogP contribution in [0.2, 0.25) is 0 Å². The number of esters is 1. The molecule has 2 atom stereocenters. The number of ketones is 1. The van der Waals surface area contributed by atoms with Gasteiger partial charge in [0.25, 0.3) is 0 Å². The van der Waals surface area contributed by atoms with Crippen molar-refractivity contribution in [3.8, 4) is 0 Å². The summed E-state index contributed by atoms with van der Waals surface area (Å²) < 4.78 is 5.57.